The molecule has 3 aromatic rings. The first-order valence-corrected chi connectivity index (χ1v) is 8.92. The van der Waals surface area contributed by atoms with E-state index in [1.54, 1.807) is 18.2 Å². The van der Waals surface area contributed by atoms with Gasteiger partial charge in [0.2, 0.25) is 0 Å². The van der Waals surface area contributed by atoms with E-state index in [-0.39, 0.29) is 11.7 Å². The molecule has 0 saturated carbocycles. The molecule has 0 aliphatic heterocycles. The third-order valence-electron chi connectivity index (χ3n) is 3.52. The molecule has 0 spiro atoms. The van der Waals surface area contributed by atoms with Crippen LogP contribution in [0.1, 0.15) is 21.6 Å². The number of hydrogen-bond donors (Lipinski definition) is 2. The summed E-state index contributed by atoms with van der Waals surface area (Å²) >= 11 is 6.60. The van der Waals surface area contributed by atoms with E-state index < -0.39 is 0 Å². The van der Waals surface area contributed by atoms with E-state index in [4.69, 9.17) is 0 Å². The van der Waals surface area contributed by atoms with E-state index in [9.17, 15) is 9.90 Å². The number of aryl methyl sites for hydroxylation is 1. The maximum atomic E-state index is 12.5. The topological polar surface area (TPSA) is 74.6 Å². The normalized spacial score (nSPS) is 11.2. The minimum absolute atomic E-state index is 0.0476. The molecule has 1 amide bonds. The fraction of sp³-hybridized carbons (Fsp3) is 0.0556. The molecule has 0 unspecified atom stereocenters. The number of phenolic OH excluding ortho intramolecular Hbond substituents is 1. The number of phenols is 1. The molecule has 2 aromatic carbocycles. The highest BCUT2D eigenvalue weighted by Crippen LogP contribution is 2.30. The Morgan fingerprint density at radius 1 is 1.24 bits per heavy atom. The van der Waals surface area contributed by atoms with Gasteiger partial charge in [0.1, 0.15) is 5.75 Å². The summed E-state index contributed by atoms with van der Waals surface area (Å²) in [6.45, 7) is 1.84. The van der Waals surface area contributed by atoms with Crippen molar-refractivity contribution in [3.8, 4) is 5.75 Å². The summed E-state index contributed by atoms with van der Waals surface area (Å²) in [6, 6.07) is 12.6. The number of hydrazone groups is 1. The summed E-state index contributed by atoms with van der Waals surface area (Å²) in [6.07, 6.45) is 1.39. The number of nitrogens with zero attached hydrogens (tertiary/aromatic N) is 2. The Morgan fingerprint density at radius 2 is 2.00 bits per heavy atom. The summed E-state index contributed by atoms with van der Waals surface area (Å²) in [5.74, 6) is -0.294. The predicted octanol–water partition coefficient (Wildman–Crippen LogP) is 4.54. The number of para-hydroxylation sites is 1. The highest BCUT2D eigenvalue weighted by Gasteiger charge is 2.11. The van der Waals surface area contributed by atoms with Crippen molar-refractivity contribution in [2.45, 2.75) is 6.92 Å². The average molecular weight is 463 g/mol. The third-order valence-corrected chi connectivity index (χ3v) is 4.58. The van der Waals surface area contributed by atoms with Crippen LogP contribution in [0.25, 0.3) is 10.9 Å². The second kappa shape index (κ2) is 7.33. The van der Waals surface area contributed by atoms with Crippen LogP contribution in [0.2, 0.25) is 0 Å². The van der Waals surface area contributed by atoms with E-state index in [1.165, 1.54) is 6.21 Å². The van der Waals surface area contributed by atoms with Crippen molar-refractivity contribution in [3.63, 3.8) is 0 Å². The fourth-order valence-electron chi connectivity index (χ4n) is 2.40. The zero-order valence-corrected chi connectivity index (χ0v) is 16.3. The molecule has 5 nitrogen and oxygen atoms in total. The molecule has 0 aliphatic carbocycles. The molecule has 1 aromatic heterocycles. The maximum absolute atomic E-state index is 12.5. The predicted molar refractivity (Wildman–Crippen MR) is 105 cm³/mol. The van der Waals surface area contributed by atoms with Crippen molar-refractivity contribution in [1.82, 2.24) is 10.4 Å². The van der Waals surface area contributed by atoms with Crippen LogP contribution in [-0.4, -0.2) is 22.2 Å². The number of fused-ring (bicyclic) bond motifs is 1. The lowest BCUT2D eigenvalue weighted by Gasteiger charge is -2.06. The number of pyridine rings is 1. The van der Waals surface area contributed by atoms with Crippen molar-refractivity contribution >= 4 is 54.9 Å². The van der Waals surface area contributed by atoms with Crippen LogP contribution in [0.3, 0.4) is 0 Å². The van der Waals surface area contributed by atoms with E-state index in [1.807, 2.05) is 31.2 Å². The number of nitrogens with one attached hydrogen (secondary N) is 1. The summed E-state index contributed by atoms with van der Waals surface area (Å²) < 4.78 is 1.31. The number of hydrogen-bond acceptors (Lipinski definition) is 4. The first-order valence-electron chi connectivity index (χ1n) is 7.33. The van der Waals surface area contributed by atoms with Gasteiger partial charge in [-0.25, -0.2) is 5.43 Å². The first kappa shape index (κ1) is 17.6. The molecule has 7 heteroatoms. The Bertz CT molecular complexity index is 1000. The Hall–Kier alpha value is -2.25. The van der Waals surface area contributed by atoms with Crippen molar-refractivity contribution in [2.75, 3.05) is 0 Å². The Kier molecular flexibility index (Phi) is 5.15. The molecule has 0 aliphatic rings. The molecule has 0 atom stereocenters. The van der Waals surface area contributed by atoms with Crippen LogP contribution in [0.15, 0.2) is 56.5 Å². The zero-order valence-electron chi connectivity index (χ0n) is 13.1. The lowest BCUT2D eigenvalue weighted by molar-refractivity contribution is 0.0956. The number of aromatic nitrogens is 1. The van der Waals surface area contributed by atoms with Gasteiger partial charge in [0.05, 0.1) is 21.8 Å². The third kappa shape index (κ3) is 3.88. The molecule has 25 heavy (non-hydrogen) atoms. The first-order chi connectivity index (χ1) is 12.0. The Labute approximate surface area is 161 Å². The quantitative estimate of drug-likeness (QED) is 0.443. The van der Waals surface area contributed by atoms with E-state index in [0.717, 1.165) is 21.1 Å². The number of carbonyl (C=O) groups is 1. The van der Waals surface area contributed by atoms with Gasteiger partial charge in [-0.1, -0.05) is 34.1 Å². The van der Waals surface area contributed by atoms with Gasteiger partial charge >= 0.3 is 0 Å². The minimum Gasteiger partial charge on any atom is -0.506 e. The molecule has 0 radical (unpaired) electrons. The molecule has 2 N–H and O–H groups in total. The van der Waals surface area contributed by atoms with Crippen LogP contribution in [0, 0.1) is 6.92 Å². The van der Waals surface area contributed by atoms with Crippen LogP contribution < -0.4 is 5.43 Å². The fourth-order valence-corrected chi connectivity index (χ4v) is 3.66. The largest absolute Gasteiger partial charge is 0.506 e. The van der Waals surface area contributed by atoms with E-state index in [2.05, 4.69) is 47.4 Å². The zero-order chi connectivity index (χ0) is 18.0. The van der Waals surface area contributed by atoms with Gasteiger partial charge in [0.25, 0.3) is 5.91 Å². The second-order valence-electron chi connectivity index (χ2n) is 5.35. The van der Waals surface area contributed by atoms with E-state index in [0.29, 0.717) is 15.6 Å². The number of carbonyl (C=O) groups excluding carboxylic acids is 1. The highest BCUT2D eigenvalue weighted by molar-refractivity contribution is 9.11. The van der Waals surface area contributed by atoms with Gasteiger partial charge in [0, 0.05) is 21.1 Å². The molecule has 1 heterocycles. The van der Waals surface area contributed by atoms with Crippen molar-refractivity contribution in [1.29, 1.82) is 0 Å². The van der Waals surface area contributed by atoms with Gasteiger partial charge in [-0.2, -0.15) is 5.10 Å². The molecule has 0 fully saturated rings. The smallest absolute Gasteiger partial charge is 0.272 e. The average Bonchev–Trinajstić information content (AvgIpc) is 2.58. The number of halogens is 2. The van der Waals surface area contributed by atoms with Crippen LogP contribution >= 0.6 is 31.9 Å². The number of rotatable bonds is 3. The lowest BCUT2D eigenvalue weighted by atomic mass is 10.1. The van der Waals surface area contributed by atoms with Crippen molar-refractivity contribution in [3.05, 3.63) is 68.2 Å². The number of aromatic hydroxyl groups is 1. The molecule has 0 saturated heterocycles. The van der Waals surface area contributed by atoms with Crippen molar-refractivity contribution in [2.24, 2.45) is 5.10 Å². The Balaban J connectivity index is 1.87. The molecular weight excluding hydrogens is 450 g/mol. The second-order valence-corrected chi connectivity index (χ2v) is 7.12. The van der Waals surface area contributed by atoms with Crippen molar-refractivity contribution < 1.29 is 9.90 Å². The molecule has 3 rings (SSSR count). The van der Waals surface area contributed by atoms with E-state index >= 15 is 0 Å². The summed E-state index contributed by atoms with van der Waals surface area (Å²) in [5.41, 5.74) is 4.97. The molecular formula is C18H13Br2N3O2. The van der Waals surface area contributed by atoms with Gasteiger partial charge in [-0.15, -0.1) is 0 Å². The van der Waals surface area contributed by atoms with Gasteiger partial charge < -0.3 is 5.11 Å². The van der Waals surface area contributed by atoms with Crippen LogP contribution in [0.4, 0.5) is 0 Å². The van der Waals surface area contributed by atoms with Crippen LogP contribution in [-0.2, 0) is 0 Å². The number of benzene rings is 2. The summed E-state index contributed by atoms with van der Waals surface area (Å²) in [4.78, 5) is 16.9. The SMILES string of the molecule is Cc1cc(C(=O)N/N=C/c2cc(Br)cc(Br)c2O)c2ccccc2n1. The molecule has 126 valence electrons. The molecule has 0 bridgehead atoms. The maximum Gasteiger partial charge on any atom is 0.272 e. The van der Waals surface area contributed by atoms with Gasteiger partial charge in [-0.3, -0.25) is 9.78 Å². The summed E-state index contributed by atoms with van der Waals surface area (Å²) in [7, 11) is 0. The standard InChI is InChI=1S/C18H13Br2N3O2/c1-10-6-14(13-4-2-3-5-16(13)22-10)18(25)23-21-9-11-7-12(19)8-15(20)17(11)24/h2-9,24H,1H3,(H,23,25)/b21-9+. The Morgan fingerprint density at radius 3 is 2.80 bits per heavy atom. The highest BCUT2D eigenvalue weighted by atomic mass is 79.9. The van der Waals surface area contributed by atoms with Gasteiger partial charge in [-0.05, 0) is 47.1 Å². The lowest BCUT2D eigenvalue weighted by Crippen LogP contribution is -2.18. The van der Waals surface area contributed by atoms with Crippen LogP contribution in [0.5, 0.6) is 5.75 Å². The number of amides is 1. The minimum atomic E-state index is -0.341. The monoisotopic (exact) mass is 461 g/mol. The summed E-state index contributed by atoms with van der Waals surface area (Å²) in [5, 5.41) is 14.7. The van der Waals surface area contributed by atoms with Gasteiger partial charge in [0.15, 0.2) is 0 Å².